The first kappa shape index (κ1) is 20.3. The second-order valence-electron chi connectivity index (χ2n) is 9.02. The highest BCUT2D eigenvalue weighted by Crippen LogP contribution is 2.52. The summed E-state index contributed by atoms with van der Waals surface area (Å²) in [6.45, 7) is 8.24. The smallest absolute Gasteiger partial charge is 0.314 e. The van der Waals surface area contributed by atoms with Crippen LogP contribution < -0.4 is 5.56 Å². The molecule has 1 aliphatic carbocycles. The van der Waals surface area contributed by atoms with Crippen LogP contribution >= 0.6 is 0 Å². The molecule has 0 aliphatic heterocycles. The number of aromatic nitrogens is 2. The number of carboxylic acid groups (broad SMARTS) is 1. The summed E-state index contributed by atoms with van der Waals surface area (Å²) >= 11 is 0. The zero-order valence-corrected chi connectivity index (χ0v) is 17.2. The van der Waals surface area contributed by atoms with Gasteiger partial charge in [0, 0.05) is 11.8 Å². The molecular weight excluding hydrogens is 352 g/mol. The zero-order valence-electron chi connectivity index (χ0n) is 17.2. The minimum Gasteiger partial charge on any atom is -0.481 e. The summed E-state index contributed by atoms with van der Waals surface area (Å²) < 4.78 is 1.44. The predicted molar refractivity (Wildman–Crippen MR) is 110 cm³/mol. The van der Waals surface area contributed by atoms with E-state index in [0.717, 1.165) is 36.8 Å². The van der Waals surface area contributed by atoms with Crippen molar-refractivity contribution >= 4 is 5.97 Å². The third-order valence-electron chi connectivity index (χ3n) is 6.33. The Kier molecular flexibility index (Phi) is 5.46. The van der Waals surface area contributed by atoms with Gasteiger partial charge in [-0.05, 0) is 48.3 Å². The lowest BCUT2D eigenvalue weighted by Gasteiger charge is -2.46. The summed E-state index contributed by atoms with van der Waals surface area (Å²) in [6.07, 6.45) is 5.72. The fourth-order valence-electron chi connectivity index (χ4n) is 4.97. The lowest BCUT2D eigenvalue weighted by molar-refractivity contribution is -0.152. The Morgan fingerprint density at radius 3 is 2.29 bits per heavy atom. The van der Waals surface area contributed by atoms with Gasteiger partial charge in [-0.25, -0.2) is 4.68 Å². The van der Waals surface area contributed by atoms with Crippen molar-refractivity contribution in [2.24, 2.45) is 11.3 Å². The molecular formula is C23H30N2O3. The minimum atomic E-state index is -0.916. The van der Waals surface area contributed by atoms with E-state index in [2.05, 4.69) is 5.10 Å². The molecule has 1 aromatic carbocycles. The lowest BCUT2D eigenvalue weighted by Crippen LogP contribution is -2.52. The molecule has 2 aromatic rings. The van der Waals surface area contributed by atoms with Crippen molar-refractivity contribution in [1.29, 1.82) is 0 Å². The molecule has 0 bridgehead atoms. The second-order valence-corrected chi connectivity index (χ2v) is 9.02. The van der Waals surface area contributed by atoms with E-state index in [-0.39, 0.29) is 11.5 Å². The number of aliphatic carboxylic acids is 1. The van der Waals surface area contributed by atoms with Gasteiger partial charge in [-0.2, -0.15) is 5.10 Å². The molecule has 1 N–H and O–H groups in total. The minimum absolute atomic E-state index is 0.105. The van der Waals surface area contributed by atoms with Crippen LogP contribution in [0.5, 0.6) is 0 Å². The number of carboxylic acids is 1. The zero-order chi connectivity index (χ0) is 20.5. The Morgan fingerprint density at radius 1 is 1.14 bits per heavy atom. The molecule has 1 heterocycles. The molecule has 1 fully saturated rings. The maximum absolute atomic E-state index is 12.7. The third-order valence-corrected chi connectivity index (χ3v) is 6.33. The molecule has 0 spiro atoms. The predicted octanol–water partition coefficient (Wildman–Crippen LogP) is 4.16. The number of carbonyl (C=O) groups is 1. The van der Waals surface area contributed by atoms with Crippen LogP contribution in [0.15, 0.2) is 41.3 Å². The number of benzene rings is 1. The number of hydrogen-bond donors (Lipinski definition) is 1. The van der Waals surface area contributed by atoms with Crippen LogP contribution in [0.25, 0.3) is 0 Å². The summed E-state index contributed by atoms with van der Waals surface area (Å²) in [5, 5.41) is 14.5. The Hall–Kier alpha value is -2.43. The van der Waals surface area contributed by atoms with Crippen LogP contribution in [0.3, 0.4) is 0 Å². The highest BCUT2D eigenvalue weighted by atomic mass is 16.4. The molecule has 1 aliphatic rings. The molecule has 5 nitrogen and oxygen atoms in total. The van der Waals surface area contributed by atoms with Crippen molar-refractivity contribution in [3.63, 3.8) is 0 Å². The Balaban J connectivity index is 2.00. The van der Waals surface area contributed by atoms with Crippen LogP contribution in [0.2, 0.25) is 0 Å². The largest absolute Gasteiger partial charge is 0.481 e. The average Bonchev–Trinajstić information content (AvgIpc) is 3.14. The molecule has 0 amide bonds. The molecule has 1 atom stereocenters. The van der Waals surface area contributed by atoms with Crippen molar-refractivity contribution in [1.82, 2.24) is 9.78 Å². The SMILES string of the molecule is Cc1ccnn(Cc2ccc(C(C(=O)O)(C3CCCC3)C(C)(C)C)cc2)c1=O. The quantitative estimate of drug-likeness (QED) is 0.843. The molecule has 1 saturated carbocycles. The van der Waals surface area contributed by atoms with E-state index in [1.807, 2.05) is 45.0 Å². The molecule has 0 saturated heterocycles. The monoisotopic (exact) mass is 382 g/mol. The second kappa shape index (κ2) is 7.53. The number of aryl methyl sites for hydroxylation is 1. The lowest BCUT2D eigenvalue weighted by atomic mass is 9.55. The summed E-state index contributed by atoms with van der Waals surface area (Å²) in [5.74, 6) is -0.604. The average molecular weight is 383 g/mol. The first-order chi connectivity index (χ1) is 13.2. The molecule has 1 unspecified atom stereocenters. The van der Waals surface area contributed by atoms with E-state index < -0.39 is 16.8 Å². The topological polar surface area (TPSA) is 72.2 Å². The molecule has 5 heteroatoms. The van der Waals surface area contributed by atoms with Crippen molar-refractivity contribution < 1.29 is 9.90 Å². The molecule has 150 valence electrons. The van der Waals surface area contributed by atoms with Gasteiger partial charge in [0.1, 0.15) is 5.41 Å². The summed E-state index contributed by atoms with van der Waals surface area (Å²) in [4.78, 5) is 24.9. The van der Waals surface area contributed by atoms with E-state index in [0.29, 0.717) is 12.1 Å². The van der Waals surface area contributed by atoms with Gasteiger partial charge in [-0.1, -0.05) is 57.9 Å². The van der Waals surface area contributed by atoms with Crippen molar-refractivity contribution in [3.8, 4) is 0 Å². The van der Waals surface area contributed by atoms with Crippen LogP contribution in [-0.4, -0.2) is 20.9 Å². The molecule has 1 aromatic heterocycles. The Labute approximate surface area is 166 Å². The van der Waals surface area contributed by atoms with Gasteiger partial charge < -0.3 is 5.11 Å². The van der Waals surface area contributed by atoms with Gasteiger partial charge in [0.2, 0.25) is 0 Å². The van der Waals surface area contributed by atoms with Crippen LogP contribution in [0, 0.1) is 18.3 Å². The Morgan fingerprint density at radius 2 is 1.75 bits per heavy atom. The van der Waals surface area contributed by atoms with Crippen LogP contribution in [-0.2, 0) is 16.8 Å². The normalized spacial score (nSPS) is 17.4. The van der Waals surface area contributed by atoms with Gasteiger partial charge in [0.25, 0.3) is 5.56 Å². The maximum atomic E-state index is 12.7. The van der Waals surface area contributed by atoms with E-state index >= 15 is 0 Å². The summed E-state index contributed by atoms with van der Waals surface area (Å²) in [7, 11) is 0. The molecule has 0 radical (unpaired) electrons. The van der Waals surface area contributed by atoms with Crippen molar-refractivity contribution in [3.05, 3.63) is 63.6 Å². The van der Waals surface area contributed by atoms with E-state index in [4.69, 9.17) is 0 Å². The van der Waals surface area contributed by atoms with Gasteiger partial charge in [0.05, 0.1) is 6.54 Å². The Bertz CT molecular complexity index is 903. The van der Waals surface area contributed by atoms with E-state index in [1.165, 1.54) is 4.68 Å². The first-order valence-corrected chi connectivity index (χ1v) is 10.0. The summed E-state index contributed by atoms with van der Waals surface area (Å²) in [6, 6.07) is 9.45. The molecule has 3 rings (SSSR count). The van der Waals surface area contributed by atoms with Gasteiger partial charge in [0.15, 0.2) is 0 Å². The standard InChI is InChI=1S/C23H30N2O3/c1-16-13-14-24-25(20(16)26)15-17-9-11-19(12-10-17)23(21(27)28,22(2,3)4)18-7-5-6-8-18/h9-14,18H,5-8,15H2,1-4H3,(H,27,28). The number of hydrogen-bond acceptors (Lipinski definition) is 3. The highest BCUT2D eigenvalue weighted by Gasteiger charge is 2.55. The fraction of sp³-hybridized carbons (Fsp3) is 0.522. The van der Waals surface area contributed by atoms with Crippen molar-refractivity contribution in [2.75, 3.05) is 0 Å². The van der Waals surface area contributed by atoms with Crippen LogP contribution in [0.1, 0.15) is 63.1 Å². The van der Waals surface area contributed by atoms with Gasteiger partial charge >= 0.3 is 5.97 Å². The number of rotatable bonds is 5. The van der Waals surface area contributed by atoms with E-state index in [9.17, 15) is 14.7 Å². The van der Waals surface area contributed by atoms with E-state index in [1.54, 1.807) is 19.2 Å². The first-order valence-electron chi connectivity index (χ1n) is 10.0. The van der Waals surface area contributed by atoms with Crippen molar-refractivity contribution in [2.45, 2.75) is 65.3 Å². The summed E-state index contributed by atoms with van der Waals surface area (Å²) in [5.41, 5.74) is 1.01. The fourth-order valence-corrected chi connectivity index (χ4v) is 4.97. The highest BCUT2D eigenvalue weighted by molar-refractivity contribution is 5.83. The number of nitrogens with zero attached hydrogens (tertiary/aromatic N) is 2. The van der Waals surface area contributed by atoms with Gasteiger partial charge in [-0.3, -0.25) is 9.59 Å². The third kappa shape index (κ3) is 3.38. The van der Waals surface area contributed by atoms with Crippen LogP contribution in [0.4, 0.5) is 0 Å². The molecule has 28 heavy (non-hydrogen) atoms. The maximum Gasteiger partial charge on any atom is 0.314 e. The van der Waals surface area contributed by atoms with Gasteiger partial charge in [-0.15, -0.1) is 0 Å².